The minimum Gasteiger partial charge on any atom is -0.494 e. The van der Waals surface area contributed by atoms with E-state index in [-0.39, 0.29) is 0 Å². The van der Waals surface area contributed by atoms with Gasteiger partial charge in [-0.05, 0) is 36.2 Å². The molecule has 1 atom stereocenters. The summed E-state index contributed by atoms with van der Waals surface area (Å²) in [6.45, 7) is 0.341. The number of ether oxygens (including phenoxy) is 1. The van der Waals surface area contributed by atoms with Crippen molar-refractivity contribution < 1.29 is 14.6 Å². The first-order chi connectivity index (χ1) is 9.66. The zero-order valence-corrected chi connectivity index (χ0v) is 11.6. The van der Waals surface area contributed by atoms with E-state index in [4.69, 9.17) is 16.3 Å². The summed E-state index contributed by atoms with van der Waals surface area (Å²) in [4.78, 5) is 11.3. The molecule has 0 heterocycles. The van der Waals surface area contributed by atoms with Crippen molar-refractivity contribution in [1.82, 2.24) is 0 Å². The van der Waals surface area contributed by atoms with E-state index in [0.29, 0.717) is 23.8 Å². The van der Waals surface area contributed by atoms with E-state index in [1.807, 2.05) is 30.3 Å². The molecule has 0 amide bonds. The summed E-state index contributed by atoms with van der Waals surface area (Å²) in [6, 6.07) is 16.2. The number of carboxylic acid groups (broad SMARTS) is 1. The second-order valence-corrected chi connectivity index (χ2v) is 4.83. The van der Waals surface area contributed by atoms with Gasteiger partial charge in [-0.15, -0.1) is 0 Å². The molecule has 2 rings (SSSR count). The molecule has 0 aliphatic heterocycles. The zero-order chi connectivity index (χ0) is 14.4. The van der Waals surface area contributed by atoms with Gasteiger partial charge in [0.25, 0.3) is 0 Å². The Morgan fingerprint density at radius 1 is 1.10 bits per heavy atom. The van der Waals surface area contributed by atoms with E-state index in [2.05, 4.69) is 0 Å². The predicted molar refractivity (Wildman–Crippen MR) is 78.4 cm³/mol. The van der Waals surface area contributed by atoms with Crippen LogP contribution in [0.2, 0.25) is 5.02 Å². The number of halogens is 1. The van der Waals surface area contributed by atoms with Crippen LogP contribution < -0.4 is 4.74 Å². The summed E-state index contributed by atoms with van der Waals surface area (Å²) in [5.41, 5.74) is 0.791. The van der Waals surface area contributed by atoms with E-state index < -0.39 is 11.9 Å². The topological polar surface area (TPSA) is 46.5 Å². The first kappa shape index (κ1) is 14.4. The maximum Gasteiger partial charge on any atom is 0.311 e. The van der Waals surface area contributed by atoms with E-state index in [0.717, 1.165) is 5.56 Å². The highest BCUT2D eigenvalue weighted by Crippen LogP contribution is 2.21. The van der Waals surface area contributed by atoms with Crippen LogP contribution in [-0.2, 0) is 4.79 Å². The maximum atomic E-state index is 11.3. The van der Waals surface area contributed by atoms with Crippen molar-refractivity contribution >= 4 is 17.6 Å². The molecule has 0 saturated carbocycles. The minimum absolute atomic E-state index is 0.341. The second kappa shape index (κ2) is 6.96. The van der Waals surface area contributed by atoms with Crippen molar-refractivity contribution in [3.63, 3.8) is 0 Å². The van der Waals surface area contributed by atoms with Gasteiger partial charge in [-0.25, -0.2) is 0 Å². The summed E-state index contributed by atoms with van der Waals surface area (Å²) >= 11 is 5.78. The zero-order valence-electron chi connectivity index (χ0n) is 10.8. The number of carboxylic acids is 1. The third-order valence-corrected chi connectivity index (χ3v) is 3.24. The monoisotopic (exact) mass is 290 g/mol. The minimum atomic E-state index is -0.837. The van der Waals surface area contributed by atoms with E-state index in [1.165, 1.54) is 0 Å². The summed E-state index contributed by atoms with van der Waals surface area (Å²) < 4.78 is 5.54. The van der Waals surface area contributed by atoms with Gasteiger partial charge < -0.3 is 9.84 Å². The molecule has 0 aromatic heterocycles. The molecule has 104 valence electrons. The van der Waals surface area contributed by atoms with Gasteiger partial charge in [0, 0.05) is 5.02 Å². The van der Waals surface area contributed by atoms with Crippen LogP contribution in [0.25, 0.3) is 0 Å². The van der Waals surface area contributed by atoms with Gasteiger partial charge in [0.15, 0.2) is 0 Å². The molecule has 20 heavy (non-hydrogen) atoms. The lowest BCUT2D eigenvalue weighted by Crippen LogP contribution is -2.15. The van der Waals surface area contributed by atoms with Gasteiger partial charge in [0.05, 0.1) is 12.5 Å². The molecule has 0 radical (unpaired) electrons. The van der Waals surface area contributed by atoms with Crippen molar-refractivity contribution in [3.05, 3.63) is 65.2 Å². The van der Waals surface area contributed by atoms with Gasteiger partial charge >= 0.3 is 5.97 Å². The van der Waals surface area contributed by atoms with Crippen molar-refractivity contribution in [2.45, 2.75) is 12.3 Å². The standard InChI is InChI=1S/C16H15ClO3/c17-13-6-8-14(9-7-13)20-11-10-15(16(18)19)12-4-2-1-3-5-12/h1-9,15H,10-11H2,(H,18,19). The van der Waals surface area contributed by atoms with E-state index >= 15 is 0 Å². The van der Waals surface area contributed by atoms with Crippen molar-refractivity contribution in [2.75, 3.05) is 6.61 Å². The molecule has 0 aliphatic carbocycles. The molecule has 0 saturated heterocycles. The molecule has 0 bridgehead atoms. The summed E-state index contributed by atoms with van der Waals surface area (Å²) in [6.07, 6.45) is 0.419. The maximum absolute atomic E-state index is 11.3. The highest BCUT2D eigenvalue weighted by Gasteiger charge is 2.19. The van der Waals surface area contributed by atoms with Crippen molar-refractivity contribution in [2.24, 2.45) is 0 Å². The lowest BCUT2D eigenvalue weighted by molar-refractivity contribution is -0.139. The molecule has 1 unspecified atom stereocenters. The fraction of sp³-hybridized carbons (Fsp3) is 0.188. The SMILES string of the molecule is O=C(O)C(CCOc1ccc(Cl)cc1)c1ccccc1. The molecule has 0 spiro atoms. The molecular weight excluding hydrogens is 276 g/mol. The third kappa shape index (κ3) is 4.00. The van der Waals surface area contributed by atoms with E-state index in [1.54, 1.807) is 24.3 Å². The Morgan fingerprint density at radius 3 is 2.35 bits per heavy atom. The van der Waals surface area contributed by atoms with Crippen LogP contribution in [0.4, 0.5) is 0 Å². The number of hydrogen-bond acceptors (Lipinski definition) is 2. The number of hydrogen-bond donors (Lipinski definition) is 1. The van der Waals surface area contributed by atoms with Crippen LogP contribution >= 0.6 is 11.6 Å². The fourth-order valence-corrected chi connectivity index (χ4v) is 2.07. The van der Waals surface area contributed by atoms with Crippen LogP contribution in [0.15, 0.2) is 54.6 Å². The van der Waals surface area contributed by atoms with Gasteiger partial charge in [-0.2, -0.15) is 0 Å². The molecule has 0 fully saturated rings. The number of carbonyl (C=O) groups is 1. The van der Waals surface area contributed by atoms with Crippen LogP contribution in [0.3, 0.4) is 0 Å². The highest BCUT2D eigenvalue weighted by atomic mass is 35.5. The molecule has 3 nitrogen and oxygen atoms in total. The van der Waals surface area contributed by atoms with Crippen molar-refractivity contribution in [3.8, 4) is 5.75 Å². The largest absolute Gasteiger partial charge is 0.494 e. The first-order valence-electron chi connectivity index (χ1n) is 6.33. The number of rotatable bonds is 6. The van der Waals surface area contributed by atoms with Crippen LogP contribution in [0.5, 0.6) is 5.75 Å². The summed E-state index contributed by atoms with van der Waals surface area (Å²) in [7, 11) is 0. The predicted octanol–water partition coefficient (Wildman–Crippen LogP) is 3.98. The number of aliphatic carboxylic acids is 1. The van der Waals surface area contributed by atoms with Gasteiger partial charge in [0.2, 0.25) is 0 Å². The number of benzene rings is 2. The molecular formula is C16H15ClO3. The van der Waals surface area contributed by atoms with Crippen LogP contribution in [-0.4, -0.2) is 17.7 Å². The molecule has 4 heteroatoms. The van der Waals surface area contributed by atoms with Gasteiger partial charge in [-0.1, -0.05) is 41.9 Å². The quantitative estimate of drug-likeness (QED) is 0.875. The lowest BCUT2D eigenvalue weighted by atomic mass is 9.96. The van der Waals surface area contributed by atoms with Gasteiger partial charge in [-0.3, -0.25) is 4.79 Å². The Bertz CT molecular complexity index is 552. The average Bonchev–Trinajstić information content (AvgIpc) is 2.46. The Kier molecular flexibility index (Phi) is 5.02. The average molecular weight is 291 g/mol. The Labute approximate surface area is 122 Å². The summed E-state index contributed by atoms with van der Waals surface area (Å²) in [5, 5.41) is 9.93. The van der Waals surface area contributed by atoms with E-state index in [9.17, 15) is 9.90 Å². The first-order valence-corrected chi connectivity index (χ1v) is 6.71. The van der Waals surface area contributed by atoms with Crippen molar-refractivity contribution in [1.29, 1.82) is 0 Å². The fourth-order valence-electron chi connectivity index (χ4n) is 1.94. The Balaban J connectivity index is 1.93. The molecule has 0 aliphatic rings. The lowest BCUT2D eigenvalue weighted by Gasteiger charge is -2.13. The third-order valence-electron chi connectivity index (χ3n) is 2.99. The normalized spacial score (nSPS) is 11.8. The Morgan fingerprint density at radius 2 is 1.75 bits per heavy atom. The highest BCUT2D eigenvalue weighted by molar-refractivity contribution is 6.30. The molecule has 1 N–H and O–H groups in total. The van der Waals surface area contributed by atoms with Gasteiger partial charge in [0.1, 0.15) is 5.75 Å². The Hall–Kier alpha value is -2.00. The van der Waals surface area contributed by atoms with Crippen LogP contribution in [0, 0.1) is 0 Å². The second-order valence-electron chi connectivity index (χ2n) is 4.39. The molecule has 2 aromatic rings. The van der Waals surface area contributed by atoms with Crippen LogP contribution in [0.1, 0.15) is 17.9 Å². The smallest absolute Gasteiger partial charge is 0.311 e. The molecule has 2 aromatic carbocycles. The summed E-state index contributed by atoms with van der Waals surface area (Å²) in [5.74, 6) is -0.703.